The smallest absolute Gasteiger partial charge is 0.260 e. The van der Waals surface area contributed by atoms with Gasteiger partial charge >= 0.3 is 0 Å². The number of nitriles is 1. The van der Waals surface area contributed by atoms with Gasteiger partial charge in [0.05, 0.1) is 17.7 Å². The van der Waals surface area contributed by atoms with Crippen LogP contribution >= 0.6 is 0 Å². The van der Waals surface area contributed by atoms with Crippen molar-refractivity contribution in [2.45, 2.75) is 39.4 Å². The molecule has 2 atom stereocenters. The first-order valence-corrected chi connectivity index (χ1v) is 7.05. The highest BCUT2D eigenvalue weighted by molar-refractivity contribution is 5.80. The summed E-state index contributed by atoms with van der Waals surface area (Å²) in [6.45, 7) is 5.89. The molecule has 1 aromatic rings. The maximum Gasteiger partial charge on any atom is 0.260 e. The van der Waals surface area contributed by atoms with E-state index in [1.165, 1.54) is 0 Å². The molecule has 2 unspecified atom stereocenters. The molecule has 0 radical (unpaired) electrons. The molecule has 0 aliphatic carbocycles. The molecule has 0 spiro atoms. The Labute approximate surface area is 125 Å². The monoisotopic (exact) mass is 290 g/mol. The van der Waals surface area contributed by atoms with E-state index in [0.717, 1.165) is 0 Å². The number of hydrogen-bond acceptors (Lipinski definition) is 4. The Hall–Kier alpha value is -2.06. The van der Waals surface area contributed by atoms with E-state index in [-0.39, 0.29) is 12.5 Å². The number of hydrogen-bond donors (Lipinski definition) is 2. The molecule has 5 nitrogen and oxygen atoms in total. The van der Waals surface area contributed by atoms with E-state index in [1.54, 1.807) is 31.2 Å². The molecule has 1 rings (SSSR count). The van der Waals surface area contributed by atoms with Crippen LogP contribution in [0.15, 0.2) is 24.3 Å². The van der Waals surface area contributed by atoms with Gasteiger partial charge in [0.1, 0.15) is 5.75 Å². The molecule has 1 aromatic carbocycles. The molecule has 1 amide bonds. The highest BCUT2D eigenvalue weighted by atomic mass is 16.5. The second-order valence-corrected chi connectivity index (χ2v) is 5.42. The summed E-state index contributed by atoms with van der Waals surface area (Å²) in [4.78, 5) is 11.9. The van der Waals surface area contributed by atoms with Crippen LogP contribution in [0.2, 0.25) is 0 Å². The lowest BCUT2D eigenvalue weighted by Crippen LogP contribution is -2.40. The number of benzene rings is 1. The van der Waals surface area contributed by atoms with E-state index in [4.69, 9.17) is 10.00 Å². The van der Waals surface area contributed by atoms with E-state index in [1.807, 2.05) is 19.9 Å². The van der Waals surface area contributed by atoms with Crippen molar-refractivity contribution in [3.63, 3.8) is 0 Å². The molecule has 0 saturated carbocycles. The summed E-state index contributed by atoms with van der Waals surface area (Å²) in [7, 11) is 0. The van der Waals surface area contributed by atoms with Crippen LogP contribution in [0.3, 0.4) is 0 Å². The minimum Gasteiger partial charge on any atom is -0.481 e. The van der Waals surface area contributed by atoms with E-state index >= 15 is 0 Å². The molecule has 0 aromatic heterocycles. The Morgan fingerprint density at radius 1 is 1.33 bits per heavy atom. The largest absolute Gasteiger partial charge is 0.481 e. The van der Waals surface area contributed by atoms with E-state index in [0.29, 0.717) is 23.7 Å². The van der Waals surface area contributed by atoms with Crippen LogP contribution in [0.4, 0.5) is 0 Å². The third-order valence-electron chi connectivity index (χ3n) is 2.92. The normalized spacial score (nSPS) is 13.3. The predicted molar refractivity (Wildman–Crippen MR) is 79.7 cm³/mol. The molecular weight excluding hydrogens is 268 g/mol. The number of amides is 1. The van der Waals surface area contributed by atoms with Gasteiger partial charge in [-0.15, -0.1) is 0 Å². The zero-order chi connectivity index (χ0) is 15.8. The third-order valence-corrected chi connectivity index (χ3v) is 2.92. The number of rotatable bonds is 7. The molecule has 21 heavy (non-hydrogen) atoms. The Bertz CT molecular complexity index is 491. The first kappa shape index (κ1) is 17.0. The van der Waals surface area contributed by atoms with E-state index in [9.17, 15) is 9.90 Å². The maximum absolute atomic E-state index is 11.9. The van der Waals surface area contributed by atoms with Gasteiger partial charge in [-0.3, -0.25) is 4.79 Å². The van der Waals surface area contributed by atoms with Crippen LogP contribution in [0.1, 0.15) is 32.8 Å². The Morgan fingerprint density at radius 3 is 2.48 bits per heavy atom. The second kappa shape index (κ2) is 8.28. The first-order valence-electron chi connectivity index (χ1n) is 7.05. The molecule has 0 aliphatic heterocycles. The average molecular weight is 290 g/mol. The summed E-state index contributed by atoms with van der Waals surface area (Å²) in [5, 5.41) is 21.1. The molecule has 0 heterocycles. The zero-order valence-corrected chi connectivity index (χ0v) is 12.7. The fourth-order valence-corrected chi connectivity index (χ4v) is 1.86. The van der Waals surface area contributed by atoms with Gasteiger partial charge in [0.25, 0.3) is 5.91 Å². The SMILES string of the molecule is CC(C)CC(O)CNC(=O)C(C)Oc1ccc(C#N)cc1. The van der Waals surface area contributed by atoms with Crippen molar-refractivity contribution in [1.82, 2.24) is 5.32 Å². The lowest BCUT2D eigenvalue weighted by atomic mass is 10.1. The van der Waals surface area contributed by atoms with Gasteiger partial charge in [-0.05, 0) is 43.5 Å². The first-order chi connectivity index (χ1) is 9.92. The fraction of sp³-hybridized carbons (Fsp3) is 0.500. The van der Waals surface area contributed by atoms with Gasteiger partial charge in [0.15, 0.2) is 6.10 Å². The van der Waals surface area contributed by atoms with Crippen LogP contribution < -0.4 is 10.1 Å². The van der Waals surface area contributed by atoms with E-state index in [2.05, 4.69) is 5.32 Å². The van der Waals surface area contributed by atoms with Crippen molar-refractivity contribution in [3.05, 3.63) is 29.8 Å². The summed E-state index contributed by atoms with van der Waals surface area (Å²) in [6.07, 6.45) is -0.564. The maximum atomic E-state index is 11.9. The van der Waals surface area contributed by atoms with Crippen LogP contribution in [-0.4, -0.2) is 29.8 Å². The average Bonchev–Trinajstić information content (AvgIpc) is 2.44. The van der Waals surface area contributed by atoms with Crippen LogP contribution in [0.25, 0.3) is 0 Å². The van der Waals surface area contributed by atoms with Crippen molar-refractivity contribution >= 4 is 5.91 Å². The number of carbonyl (C=O) groups excluding carboxylic acids is 1. The lowest BCUT2D eigenvalue weighted by Gasteiger charge is -2.17. The van der Waals surface area contributed by atoms with Crippen molar-refractivity contribution in [2.24, 2.45) is 5.92 Å². The predicted octanol–water partition coefficient (Wildman–Crippen LogP) is 1.85. The zero-order valence-electron chi connectivity index (χ0n) is 12.7. The minimum atomic E-state index is -0.663. The molecule has 2 N–H and O–H groups in total. The molecule has 0 aliphatic rings. The van der Waals surface area contributed by atoms with Gasteiger partial charge in [-0.25, -0.2) is 0 Å². The summed E-state index contributed by atoms with van der Waals surface area (Å²) in [5.41, 5.74) is 0.538. The Balaban J connectivity index is 2.41. The van der Waals surface area contributed by atoms with Gasteiger partial charge in [0.2, 0.25) is 0 Å². The minimum absolute atomic E-state index is 0.220. The number of aliphatic hydroxyl groups excluding tert-OH is 1. The summed E-state index contributed by atoms with van der Waals surface area (Å²) < 4.78 is 5.49. The standard InChI is InChI=1S/C16H22N2O3/c1-11(2)8-14(19)10-18-16(20)12(3)21-15-6-4-13(9-17)5-7-15/h4-7,11-12,14,19H,8,10H2,1-3H3,(H,18,20). The van der Waals surface area contributed by atoms with Crippen molar-refractivity contribution in [1.29, 1.82) is 5.26 Å². The van der Waals surface area contributed by atoms with E-state index < -0.39 is 12.2 Å². The van der Waals surface area contributed by atoms with Crippen molar-refractivity contribution in [3.8, 4) is 11.8 Å². The molecule has 0 saturated heterocycles. The molecular formula is C16H22N2O3. The highest BCUT2D eigenvalue weighted by Gasteiger charge is 2.16. The van der Waals surface area contributed by atoms with Gasteiger partial charge in [-0.2, -0.15) is 5.26 Å². The molecule has 114 valence electrons. The van der Waals surface area contributed by atoms with Gasteiger partial charge in [-0.1, -0.05) is 13.8 Å². The number of nitrogens with zero attached hydrogens (tertiary/aromatic N) is 1. The van der Waals surface area contributed by atoms with Crippen LogP contribution in [0, 0.1) is 17.2 Å². The number of carbonyl (C=O) groups is 1. The van der Waals surface area contributed by atoms with Crippen molar-refractivity contribution in [2.75, 3.05) is 6.54 Å². The summed E-state index contributed by atoms with van der Waals surface area (Å²) in [5.74, 6) is 0.630. The number of nitrogens with one attached hydrogen (secondary N) is 1. The topological polar surface area (TPSA) is 82.3 Å². The summed E-state index contributed by atoms with van der Waals surface area (Å²) >= 11 is 0. The summed E-state index contributed by atoms with van der Waals surface area (Å²) in [6, 6.07) is 8.58. The van der Waals surface area contributed by atoms with Crippen LogP contribution in [-0.2, 0) is 4.79 Å². The highest BCUT2D eigenvalue weighted by Crippen LogP contribution is 2.13. The molecule has 0 fully saturated rings. The quantitative estimate of drug-likeness (QED) is 0.803. The second-order valence-electron chi connectivity index (χ2n) is 5.42. The van der Waals surface area contributed by atoms with Crippen molar-refractivity contribution < 1.29 is 14.6 Å². The Kier molecular flexibility index (Phi) is 6.70. The number of ether oxygens (including phenoxy) is 1. The van der Waals surface area contributed by atoms with Crippen LogP contribution in [0.5, 0.6) is 5.75 Å². The van der Waals surface area contributed by atoms with Gasteiger partial charge < -0.3 is 15.2 Å². The number of aliphatic hydroxyl groups is 1. The fourth-order valence-electron chi connectivity index (χ4n) is 1.86. The third kappa shape index (κ3) is 6.28. The van der Waals surface area contributed by atoms with Gasteiger partial charge in [0, 0.05) is 6.54 Å². The lowest BCUT2D eigenvalue weighted by molar-refractivity contribution is -0.127. The molecule has 0 bridgehead atoms. The Morgan fingerprint density at radius 2 is 1.95 bits per heavy atom. The molecule has 5 heteroatoms.